The second-order valence-electron chi connectivity index (χ2n) is 6.72. The van der Waals surface area contributed by atoms with Crippen LogP contribution in [-0.2, 0) is 17.8 Å². The monoisotopic (exact) mass is 477 g/mol. The predicted molar refractivity (Wildman–Crippen MR) is 118 cm³/mol. The number of halogens is 1. The topological polar surface area (TPSA) is 78.1 Å². The molecule has 0 unspecified atom stereocenters. The number of aromatic nitrogens is 2. The fraction of sp³-hybridized carbons (Fsp3) is 0.350. The Labute approximate surface area is 180 Å². The minimum atomic E-state index is 0.0426. The third-order valence-corrected chi connectivity index (χ3v) is 7.21. The van der Waals surface area contributed by atoms with Crippen LogP contribution < -0.4 is 5.73 Å². The number of nitrogen functional groups attached to an aromatic ring is 1. The zero-order valence-electron chi connectivity index (χ0n) is 15.4. The quantitative estimate of drug-likeness (QED) is 0.296. The number of nitrogens with two attached hydrogens (primary N) is 1. The van der Waals surface area contributed by atoms with Crippen molar-refractivity contribution in [3.05, 3.63) is 44.7 Å². The molecule has 1 aromatic carbocycles. The van der Waals surface area contributed by atoms with Crippen molar-refractivity contribution in [3.63, 3.8) is 0 Å². The first-order chi connectivity index (χ1) is 13.5. The first-order valence-corrected chi connectivity index (χ1v) is 11.8. The molecular weight excluding hydrogens is 458 g/mol. The van der Waals surface area contributed by atoms with E-state index in [1.807, 2.05) is 24.3 Å². The first kappa shape index (κ1) is 19.8. The Morgan fingerprint density at radius 2 is 2.14 bits per heavy atom. The van der Waals surface area contributed by atoms with Gasteiger partial charge in [0.25, 0.3) is 0 Å². The van der Waals surface area contributed by atoms with Crippen molar-refractivity contribution in [2.24, 2.45) is 0 Å². The van der Waals surface area contributed by atoms with Gasteiger partial charge >= 0.3 is 0 Å². The Kier molecular flexibility index (Phi) is 6.01. The van der Waals surface area contributed by atoms with Gasteiger partial charge < -0.3 is 10.5 Å². The van der Waals surface area contributed by atoms with Crippen LogP contribution >= 0.6 is 39.0 Å². The zero-order valence-corrected chi connectivity index (χ0v) is 18.6. The van der Waals surface area contributed by atoms with Crippen LogP contribution in [0.3, 0.4) is 0 Å². The van der Waals surface area contributed by atoms with Gasteiger partial charge in [-0.3, -0.25) is 4.79 Å². The molecule has 0 saturated heterocycles. The Morgan fingerprint density at radius 3 is 2.89 bits per heavy atom. The van der Waals surface area contributed by atoms with Gasteiger partial charge in [0, 0.05) is 21.3 Å². The van der Waals surface area contributed by atoms with E-state index in [1.54, 1.807) is 11.3 Å². The Hall–Kier alpha value is -1.48. The molecule has 5 nitrogen and oxygen atoms in total. The molecule has 0 saturated carbocycles. The summed E-state index contributed by atoms with van der Waals surface area (Å²) in [7, 11) is 0. The number of rotatable bonds is 6. The highest BCUT2D eigenvalue weighted by molar-refractivity contribution is 9.10. The number of hydrogen-bond acceptors (Lipinski definition) is 7. The molecule has 1 aliphatic rings. The fourth-order valence-corrected chi connectivity index (χ4v) is 5.54. The number of carbonyl (C=O) groups is 1. The highest BCUT2D eigenvalue weighted by atomic mass is 79.9. The SMILES string of the molecule is CCC[C@H]1Cc2c(sc3nc(SCC(=O)c4ccc(Br)cc4)nc(N)c23)CO1. The predicted octanol–water partition coefficient (Wildman–Crippen LogP) is 5.25. The van der Waals surface area contributed by atoms with Gasteiger partial charge in [-0.25, -0.2) is 9.97 Å². The van der Waals surface area contributed by atoms with Crippen molar-refractivity contribution in [3.8, 4) is 0 Å². The average Bonchev–Trinajstić information content (AvgIpc) is 3.05. The molecule has 3 heterocycles. The minimum absolute atomic E-state index is 0.0426. The van der Waals surface area contributed by atoms with E-state index >= 15 is 0 Å². The van der Waals surface area contributed by atoms with Crippen molar-refractivity contribution < 1.29 is 9.53 Å². The summed E-state index contributed by atoms with van der Waals surface area (Å²) < 4.78 is 6.90. The summed E-state index contributed by atoms with van der Waals surface area (Å²) in [5.74, 6) is 0.818. The van der Waals surface area contributed by atoms with E-state index in [0.29, 0.717) is 23.1 Å². The van der Waals surface area contributed by atoms with Gasteiger partial charge in [0.2, 0.25) is 0 Å². The molecule has 4 rings (SSSR count). The van der Waals surface area contributed by atoms with Crippen LogP contribution in [0, 0.1) is 0 Å². The number of ether oxygens (including phenoxy) is 1. The fourth-order valence-electron chi connectivity index (χ4n) is 3.35. The molecule has 28 heavy (non-hydrogen) atoms. The maximum atomic E-state index is 12.4. The van der Waals surface area contributed by atoms with Crippen molar-refractivity contribution in [2.45, 2.75) is 44.1 Å². The summed E-state index contributed by atoms with van der Waals surface area (Å²) in [5.41, 5.74) is 8.21. The molecule has 0 fully saturated rings. The number of anilines is 1. The number of benzene rings is 1. The maximum absolute atomic E-state index is 12.4. The Bertz CT molecular complexity index is 1020. The van der Waals surface area contributed by atoms with Crippen LogP contribution in [0.5, 0.6) is 0 Å². The molecule has 0 radical (unpaired) electrons. The Morgan fingerprint density at radius 1 is 1.36 bits per heavy atom. The van der Waals surface area contributed by atoms with E-state index in [2.05, 4.69) is 32.8 Å². The molecule has 8 heteroatoms. The third-order valence-electron chi connectivity index (χ3n) is 4.73. The number of hydrogen-bond donors (Lipinski definition) is 1. The number of fused-ring (bicyclic) bond motifs is 3. The van der Waals surface area contributed by atoms with Gasteiger partial charge in [0.05, 0.1) is 23.8 Å². The standard InChI is InChI=1S/C20H20BrN3O2S2/c1-2-3-13-8-14-16(9-26-13)28-19-17(14)18(22)23-20(24-19)27-10-15(25)11-4-6-12(21)7-5-11/h4-7,13H,2-3,8-10H2,1H3,(H2,22,23,24)/t13-/m0/s1. The molecule has 2 N–H and O–H groups in total. The summed E-state index contributed by atoms with van der Waals surface area (Å²) in [6.07, 6.45) is 3.25. The van der Waals surface area contributed by atoms with E-state index in [4.69, 9.17) is 10.5 Å². The van der Waals surface area contributed by atoms with E-state index < -0.39 is 0 Å². The van der Waals surface area contributed by atoms with Gasteiger partial charge in [-0.15, -0.1) is 11.3 Å². The van der Waals surface area contributed by atoms with Crippen LogP contribution in [0.4, 0.5) is 5.82 Å². The Balaban J connectivity index is 1.53. The van der Waals surface area contributed by atoms with Crippen molar-refractivity contribution in [2.75, 3.05) is 11.5 Å². The summed E-state index contributed by atoms with van der Waals surface area (Å²) >= 11 is 6.32. The lowest BCUT2D eigenvalue weighted by molar-refractivity contribution is 0.0254. The number of thioether (sulfide) groups is 1. The van der Waals surface area contributed by atoms with E-state index in [0.717, 1.165) is 34.0 Å². The van der Waals surface area contributed by atoms with Gasteiger partial charge in [0.1, 0.15) is 10.6 Å². The van der Waals surface area contributed by atoms with Crippen LogP contribution in [0.15, 0.2) is 33.9 Å². The van der Waals surface area contributed by atoms with Crippen molar-refractivity contribution in [1.82, 2.24) is 9.97 Å². The summed E-state index contributed by atoms with van der Waals surface area (Å²) in [5, 5.41) is 1.51. The molecule has 146 valence electrons. The molecule has 0 bridgehead atoms. The van der Waals surface area contributed by atoms with Crippen LogP contribution in [0.25, 0.3) is 10.2 Å². The molecule has 0 spiro atoms. The molecule has 2 aromatic heterocycles. The van der Waals surface area contributed by atoms with Gasteiger partial charge in [-0.05, 0) is 24.1 Å². The summed E-state index contributed by atoms with van der Waals surface area (Å²) in [6.45, 7) is 2.78. The lowest BCUT2D eigenvalue weighted by Gasteiger charge is -2.22. The number of nitrogens with zero attached hydrogens (tertiary/aromatic N) is 2. The zero-order chi connectivity index (χ0) is 19.7. The van der Waals surface area contributed by atoms with Crippen LogP contribution in [-0.4, -0.2) is 27.6 Å². The number of thiophene rings is 1. The number of carbonyl (C=O) groups excluding carboxylic acids is 1. The largest absolute Gasteiger partial charge is 0.383 e. The molecule has 1 aliphatic heterocycles. The first-order valence-electron chi connectivity index (χ1n) is 9.16. The minimum Gasteiger partial charge on any atom is -0.383 e. The lowest BCUT2D eigenvalue weighted by Crippen LogP contribution is -2.21. The van der Waals surface area contributed by atoms with Crippen LogP contribution in [0.1, 0.15) is 40.6 Å². The highest BCUT2D eigenvalue weighted by Crippen LogP contribution is 2.39. The molecular formula is C20H20BrN3O2S2. The molecule has 0 aliphatic carbocycles. The van der Waals surface area contributed by atoms with Crippen LogP contribution in [0.2, 0.25) is 0 Å². The third kappa shape index (κ3) is 4.10. The smallest absolute Gasteiger partial charge is 0.191 e. The molecule has 0 amide bonds. The molecule has 1 atom stereocenters. The van der Waals surface area contributed by atoms with E-state index in [1.165, 1.54) is 22.2 Å². The summed E-state index contributed by atoms with van der Waals surface area (Å²) in [4.78, 5) is 23.6. The van der Waals surface area contributed by atoms with Gasteiger partial charge in [-0.2, -0.15) is 0 Å². The summed E-state index contributed by atoms with van der Waals surface area (Å²) in [6, 6.07) is 7.35. The second-order valence-corrected chi connectivity index (χ2v) is 9.66. The van der Waals surface area contributed by atoms with Gasteiger partial charge in [-0.1, -0.05) is 53.2 Å². The maximum Gasteiger partial charge on any atom is 0.191 e. The highest BCUT2D eigenvalue weighted by Gasteiger charge is 2.25. The van der Waals surface area contributed by atoms with Crippen molar-refractivity contribution in [1.29, 1.82) is 0 Å². The number of Topliss-reactive ketones (excluding diaryl/α,β-unsaturated/α-hetero) is 1. The van der Waals surface area contributed by atoms with Crippen molar-refractivity contribution >= 4 is 60.8 Å². The van der Waals surface area contributed by atoms with E-state index in [9.17, 15) is 4.79 Å². The lowest BCUT2D eigenvalue weighted by atomic mass is 10.0. The second kappa shape index (κ2) is 8.49. The average molecular weight is 478 g/mol. The van der Waals surface area contributed by atoms with E-state index in [-0.39, 0.29) is 17.6 Å². The molecule has 3 aromatic rings. The number of ketones is 1. The van der Waals surface area contributed by atoms with Gasteiger partial charge in [0.15, 0.2) is 10.9 Å². The normalized spacial score (nSPS) is 16.3.